The molecular formula is C65H100N14O25. The normalized spacial score (nSPS) is 18.2. The van der Waals surface area contributed by atoms with Crippen LogP contribution in [0.2, 0.25) is 0 Å². The van der Waals surface area contributed by atoms with Crippen molar-refractivity contribution in [3.63, 3.8) is 0 Å². The van der Waals surface area contributed by atoms with Crippen molar-refractivity contribution in [1.29, 1.82) is 0 Å². The smallest absolute Gasteiger partial charge is 0.317 e. The second kappa shape index (κ2) is 43.6. The topological polar surface area (TPSA) is 591 Å². The summed E-state index contributed by atoms with van der Waals surface area (Å²) < 4.78 is 0. The average molecular weight is 1480 g/mol. The van der Waals surface area contributed by atoms with Gasteiger partial charge in [0.15, 0.2) is 0 Å². The summed E-state index contributed by atoms with van der Waals surface area (Å²) in [4.78, 5) is 162. The lowest BCUT2D eigenvalue weighted by atomic mass is 10.0. The van der Waals surface area contributed by atoms with Gasteiger partial charge in [0, 0.05) is 116 Å². The fraction of sp³-hybridized carbons (Fsp3) is 0.631. The van der Waals surface area contributed by atoms with E-state index in [9.17, 15) is 124 Å². The van der Waals surface area contributed by atoms with Crippen molar-refractivity contribution in [2.75, 3.05) is 130 Å². The van der Waals surface area contributed by atoms with E-state index in [1.54, 1.807) is 25.2 Å². The molecule has 3 heterocycles. The number of hydrogen-bond acceptors (Lipinski definition) is 27. The summed E-state index contributed by atoms with van der Waals surface area (Å²) in [5.41, 5.74) is 2.86. The monoisotopic (exact) mass is 1480 g/mol. The van der Waals surface area contributed by atoms with Gasteiger partial charge in [-0.3, -0.25) is 72.3 Å². The Morgan fingerprint density at radius 3 is 1.54 bits per heavy atom. The standard InChI is InChI=1S/C65H100N14O25/c1-74(31-50-70-41-8-4-5-9-42(41)71-50)64(103)38-10-11-40-39(26-38)30-79(65(104)45(69-40)27-54(89)90)17-7-3-2-6-16-66-62(101)43(12-14-51(86)67-28-46(82)58(97)60(99)48(84)36-80)73-63(102)44(13-15-52(87)68-29-47(83)59(98)61(100)49(85)37-81)72-53(88)32-75-18-20-76(33-55(91)92)22-24-78(35-57(95)96)25-23-77(21-19-75)34-56(93)94/h4-5,8-11,26,43-49,58-61,69,80-85,97-100H,2-3,6-7,12-25,27-37H2,1H3,(H,66,101)(H,67,86)(H,68,87)(H,70,71)(H,72,88)(H,73,102)(H,89,90)(H,91,92)(H,93,94)(H,95,96)/t43-,44-,45?,46+,47-,48+,49+,58-,59+,60-,61-/m0/s1. The van der Waals surface area contributed by atoms with Crippen LogP contribution < -0.4 is 31.9 Å². The molecule has 104 heavy (non-hydrogen) atoms. The number of nitrogens with one attached hydrogen (secondary N) is 7. The third-order valence-corrected chi connectivity index (χ3v) is 17.5. The Bertz CT molecular complexity index is 3270. The van der Waals surface area contributed by atoms with Crippen LogP contribution >= 0.6 is 0 Å². The van der Waals surface area contributed by atoms with Gasteiger partial charge in [-0.25, -0.2) is 4.98 Å². The minimum Gasteiger partial charge on any atom is -0.481 e. The molecule has 2 aromatic carbocycles. The zero-order valence-electron chi connectivity index (χ0n) is 57.8. The summed E-state index contributed by atoms with van der Waals surface area (Å²) in [5.74, 6) is -9.80. The zero-order valence-corrected chi connectivity index (χ0v) is 57.8. The number of hydrogen-bond donors (Lipinski definition) is 21. The molecule has 39 nitrogen and oxygen atoms in total. The number of imidazole rings is 1. The van der Waals surface area contributed by atoms with Crippen LogP contribution in [0.25, 0.3) is 11.0 Å². The molecule has 0 radical (unpaired) electrons. The van der Waals surface area contributed by atoms with Gasteiger partial charge in [0.2, 0.25) is 35.4 Å². The minimum absolute atomic E-state index is 0.0137. The first-order valence-electron chi connectivity index (χ1n) is 34.1. The number of aromatic nitrogens is 2. The summed E-state index contributed by atoms with van der Waals surface area (Å²) in [6.45, 7) is -5.02. The van der Waals surface area contributed by atoms with Crippen LogP contribution in [0.1, 0.15) is 79.5 Å². The maximum atomic E-state index is 14.6. The highest BCUT2D eigenvalue weighted by atomic mass is 16.4. The lowest BCUT2D eigenvalue weighted by molar-refractivity contribution is -0.141. The molecular weight excluding hydrogens is 1380 g/mol. The summed E-state index contributed by atoms with van der Waals surface area (Å²) in [7, 11) is 1.62. The Morgan fingerprint density at radius 2 is 1.05 bits per heavy atom. The van der Waals surface area contributed by atoms with Gasteiger partial charge in [-0.05, 0) is 61.6 Å². The first-order valence-corrected chi connectivity index (χ1v) is 34.1. The number of nitrogens with zero attached hydrogens (tertiary/aromatic N) is 7. The van der Waals surface area contributed by atoms with Crippen molar-refractivity contribution < 1.29 is 124 Å². The molecule has 7 amide bonds. The SMILES string of the molecule is CN(Cc1nc2ccccc2[nH]1)C(=O)c1ccc2c(c1)CN(CCCCCCNC(=O)[C@H](CCC(=O)NC[C@@H](O)[C@H](O)[C@@H](O)[C@H](O)CO)NC(=O)[C@H](CCC(=O)NC[C@H](O)[C@@H](O)[C@@H](O)[C@H](O)CO)NC(=O)CN1CCN(CC(=O)O)CCN(CC(=O)O)CCN(CC(=O)O)CC1)C(=O)C(CC(=O)O)N2. The maximum absolute atomic E-state index is 14.6. The molecule has 1 unspecified atom stereocenters. The number of amides is 7. The number of H-pyrrole nitrogens is 1. The highest BCUT2D eigenvalue weighted by Crippen LogP contribution is 2.27. The van der Waals surface area contributed by atoms with Crippen LogP contribution in [-0.4, -0.2) is 368 Å². The second-order valence-electron chi connectivity index (χ2n) is 25.7. The van der Waals surface area contributed by atoms with Gasteiger partial charge in [-0.1, -0.05) is 25.0 Å². The van der Waals surface area contributed by atoms with Crippen LogP contribution in [-0.2, 0) is 61.0 Å². The molecule has 2 aliphatic heterocycles. The number of carboxylic acid groups (broad SMARTS) is 4. The van der Waals surface area contributed by atoms with Crippen molar-refractivity contribution in [1.82, 2.24) is 66.0 Å². The van der Waals surface area contributed by atoms with E-state index in [2.05, 4.69) is 41.9 Å². The number of benzene rings is 2. The highest BCUT2D eigenvalue weighted by Gasteiger charge is 2.35. The number of carbonyl (C=O) groups excluding carboxylic acids is 7. The third-order valence-electron chi connectivity index (χ3n) is 17.5. The number of fused-ring (bicyclic) bond motifs is 2. The Kier molecular flexibility index (Phi) is 36.0. The van der Waals surface area contributed by atoms with Crippen molar-refractivity contribution in [3.05, 3.63) is 59.4 Å². The second-order valence-corrected chi connectivity index (χ2v) is 25.7. The zero-order chi connectivity index (χ0) is 76.7. The Balaban J connectivity index is 1.32. The van der Waals surface area contributed by atoms with E-state index >= 15 is 0 Å². The number of unbranched alkanes of at least 4 members (excludes halogenated alkanes) is 3. The largest absolute Gasteiger partial charge is 0.481 e. The first-order chi connectivity index (χ1) is 49.3. The van der Waals surface area contributed by atoms with Gasteiger partial charge in [-0.15, -0.1) is 0 Å². The number of para-hydroxylation sites is 2. The Labute approximate surface area is 597 Å². The molecule has 11 atom stereocenters. The molecule has 0 bridgehead atoms. The summed E-state index contributed by atoms with van der Waals surface area (Å²) in [6.07, 6.45) is -17.1. The molecule has 5 rings (SSSR count). The molecule has 0 spiro atoms. The molecule has 580 valence electrons. The van der Waals surface area contributed by atoms with Crippen molar-refractivity contribution in [2.45, 2.75) is 138 Å². The van der Waals surface area contributed by atoms with Gasteiger partial charge in [0.1, 0.15) is 60.6 Å². The average Bonchev–Trinajstić information content (AvgIpc) is 1.62. The van der Waals surface area contributed by atoms with E-state index in [-0.39, 0.29) is 84.4 Å². The van der Waals surface area contributed by atoms with E-state index in [0.29, 0.717) is 48.3 Å². The summed E-state index contributed by atoms with van der Waals surface area (Å²) in [6, 6.07) is 7.73. The number of aromatic amines is 1. The van der Waals surface area contributed by atoms with Crippen molar-refractivity contribution >= 4 is 81.9 Å². The van der Waals surface area contributed by atoms with Crippen molar-refractivity contribution in [3.8, 4) is 0 Å². The number of aliphatic hydroxyl groups excluding tert-OH is 10. The third kappa shape index (κ3) is 29.1. The number of aliphatic hydroxyl groups is 10. The van der Waals surface area contributed by atoms with Crippen LogP contribution in [0.15, 0.2) is 42.5 Å². The van der Waals surface area contributed by atoms with Gasteiger partial charge in [0.05, 0.1) is 75.6 Å². The molecule has 21 N–H and O–H groups in total. The maximum Gasteiger partial charge on any atom is 0.317 e. The molecule has 1 aromatic heterocycles. The van der Waals surface area contributed by atoms with E-state index in [0.717, 1.165) is 11.0 Å². The van der Waals surface area contributed by atoms with Crippen LogP contribution in [0, 0.1) is 0 Å². The summed E-state index contributed by atoms with van der Waals surface area (Å²) >= 11 is 0. The van der Waals surface area contributed by atoms with Gasteiger partial charge in [-0.2, -0.15) is 0 Å². The minimum atomic E-state index is -2.08. The van der Waals surface area contributed by atoms with E-state index in [1.807, 2.05) is 24.3 Å². The summed E-state index contributed by atoms with van der Waals surface area (Å²) in [5, 5.41) is 154. The van der Waals surface area contributed by atoms with Gasteiger partial charge in [0.25, 0.3) is 5.91 Å². The van der Waals surface area contributed by atoms with E-state index < -0.39 is 211 Å². The molecule has 2 aliphatic rings. The van der Waals surface area contributed by atoms with Crippen molar-refractivity contribution in [2.24, 2.45) is 0 Å². The number of carbonyl (C=O) groups is 11. The predicted octanol–water partition coefficient (Wildman–Crippen LogP) is -7.78. The molecule has 39 heteroatoms. The molecule has 0 aliphatic carbocycles. The van der Waals surface area contributed by atoms with Crippen LogP contribution in [0.3, 0.4) is 0 Å². The molecule has 1 fully saturated rings. The Hall–Kier alpha value is -8.68. The number of rotatable bonds is 42. The number of anilines is 1. The van der Waals surface area contributed by atoms with Gasteiger partial charge < -0.3 is 118 Å². The van der Waals surface area contributed by atoms with Crippen LogP contribution in [0.5, 0.6) is 0 Å². The lowest BCUT2D eigenvalue weighted by Crippen LogP contribution is -2.56. The van der Waals surface area contributed by atoms with Gasteiger partial charge >= 0.3 is 23.9 Å². The molecule has 0 saturated carbocycles. The fourth-order valence-corrected chi connectivity index (χ4v) is 11.5. The number of aliphatic carboxylic acids is 4. The van der Waals surface area contributed by atoms with E-state index in [4.69, 9.17) is 0 Å². The molecule has 3 aromatic rings. The predicted molar refractivity (Wildman–Crippen MR) is 364 cm³/mol. The van der Waals surface area contributed by atoms with Crippen LogP contribution in [0.4, 0.5) is 5.69 Å². The Morgan fingerprint density at radius 1 is 0.567 bits per heavy atom. The highest BCUT2D eigenvalue weighted by molar-refractivity contribution is 5.96. The quantitative estimate of drug-likeness (QED) is 0.0234. The molecule has 1 saturated heterocycles. The fourth-order valence-electron chi connectivity index (χ4n) is 11.5. The number of carboxylic acids is 4. The lowest BCUT2D eigenvalue weighted by Gasteiger charge is -2.33. The van der Waals surface area contributed by atoms with E-state index in [1.165, 1.54) is 29.4 Å². The first kappa shape index (κ1) is 86.0.